The summed E-state index contributed by atoms with van der Waals surface area (Å²) in [6.45, 7) is 14.2. The molecule has 0 radical (unpaired) electrons. The van der Waals surface area contributed by atoms with Gasteiger partial charge in [-0.2, -0.15) is 0 Å². The molecule has 0 bridgehead atoms. The van der Waals surface area contributed by atoms with Crippen molar-refractivity contribution in [1.82, 2.24) is 10.2 Å². The van der Waals surface area contributed by atoms with Gasteiger partial charge in [-0.1, -0.05) is 34.6 Å². The summed E-state index contributed by atoms with van der Waals surface area (Å²) in [5.74, 6) is 0.538. The summed E-state index contributed by atoms with van der Waals surface area (Å²) < 4.78 is 0. The smallest absolute Gasteiger partial charge is 0.319 e. The first-order chi connectivity index (χ1) is 12.9. The van der Waals surface area contributed by atoms with E-state index in [-0.39, 0.29) is 17.4 Å². The highest BCUT2D eigenvalue weighted by molar-refractivity contribution is 5.89. The van der Waals surface area contributed by atoms with Gasteiger partial charge in [-0.15, -0.1) is 0 Å². The second-order valence-corrected chi connectivity index (χ2v) is 9.13. The maximum absolute atomic E-state index is 13.0. The summed E-state index contributed by atoms with van der Waals surface area (Å²) in [5, 5.41) is 5.60. The van der Waals surface area contributed by atoms with Crippen LogP contribution in [-0.2, 0) is 11.3 Å². The lowest BCUT2D eigenvalue weighted by molar-refractivity contribution is -0.134. The third kappa shape index (κ3) is 8.19. The van der Waals surface area contributed by atoms with Crippen molar-refractivity contribution in [2.45, 2.75) is 54.5 Å². The molecule has 1 rings (SSSR count). The Hall–Kier alpha value is -2.24. The van der Waals surface area contributed by atoms with Crippen LogP contribution in [0.1, 0.15) is 53.5 Å². The molecule has 0 spiro atoms. The largest absolute Gasteiger partial charge is 0.377 e. The summed E-state index contributed by atoms with van der Waals surface area (Å²) in [4.78, 5) is 28.8. The van der Waals surface area contributed by atoms with Gasteiger partial charge in [0.2, 0.25) is 5.91 Å². The van der Waals surface area contributed by atoms with E-state index in [9.17, 15) is 9.59 Å². The molecule has 1 aromatic rings. The summed E-state index contributed by atoms with van der Waals surface area (Å²) in [6, 6.07) is 5.60. The molecule has 6 nitrogen and oxygen atoms in total. The molecule has 28 heavy (non-hydrogen) atoms. The number of carbonyl (C=O) groups is 2. The van der Waals surface area contributed by atoms with E-state index in [1.807, 2.05) is 49.0 Å². The topological polar surface area (TPSA) is 64.7 Å². The molecule has 0 unspecified atom stereocenters. The molecule has 2 N–H and O–H groups in total. The second kappa shape index (κ2) is 10.3. The molecule has 158 valence electrons. The van der Waals surface area contributed by atoms with Gasteiger partial charge in [0.05, 0.1) is 0 Å². The number of anilines is 2. The van der Waals surface area contributed by atoms with Gasteiger partial charge < -0.3 is 20.4 Å². The molecule has 0 atom stereocenters. The third-order valence-electron chi connectivity index (χ3n) is 4.14. The highest BCUT2D eigenvalue weighted by Gasteiger charge is 2.23. The number of nitrogens with zero attached hydrogens (tertiary/aromatic N) is 2. The SMILES string of the molecule is CCNC(=O)Nc1ccc(N(C)C)c(CN(CC(C)C)C(=O)CC(C)(C)C)c1. The van der Waals surface area contributed by atoms with Crippen LogP contribution in [0.3, 0.4) is 0 Å². The molecule has 0 aliphatic carbocycles. The van der Waals surface area contributed by atoms with Crippen molar-refractivity contribution in [1.29, 1.82) is 0 Å². The van der Waals surface area contributed by atoms with Gasteiger partial charge in [-0.3, -0.25) is 4.79 Å². The van der Waals surface area contributed by atoms with E-state index < -0.39 is 0 Å². The van der Waals surface area contributed by atoms with Crippen LogP contribution in [0, 0.1) is 11.3 Å². The van der Waals surface area contributed by atoms with Crippen LogP contribution < -0.4 is 15.5 Å². The minimum atomic E-state index is -0.228. The number of hydrogen-bond acceptors (Lipinski definition) is 3. The summed E-state index contributed by atoms with van der Waals surface area (Å²) in [6.07, 6.45) is 0.508. The number of benzene rings is 1. The average Bonchev–Trinajstić information content (AvgIpc) is 2.52. The zero-order valence-electron chi connectivity index (χ0n) is 18.8. The maximum atomic E-state index is 13.0. The normalized spacial score (nSPS) is 11.3. The monoisotopic (exact) mass is 390 g/mol. The van der Waals surface area contributed by atoms with Crippen LogP contribution in [0.2, 0.25) is 0 Å². The van der Waals surface area contributed by atoms with Crippen molar-refractivity contribution in [3.05, 3.63) is 23.8 Å². The zero-order chi connectivity index (χ0) is 21.5. The van der Waals surface area contributed by atoms with Gasteiger partial charge in [0, 0.05) is 51.5 Å². The lowest BCUT2D eigenvalue weighted by Gasteiger charge is -2.30. The Morgan fingerprint density at radius 1 is 1.14 bits per heavy atom. The summed E-state index contributed by atoms with van der Waals surface area (Å²) in [7, 11) is 3.97. The van der Waals surface area contributed by atoms with E-state index in [1.54, 1.807) is 0 Å². The van der Waals surface area contributed by atoms with Crippen molar-refractivity contribution >= 4 is 23.3 Å². The highest BCUT2D eigenvalue weighted by atomic mass is 16.2. The fourth-order valence-electron chi connectivity index (χ4n) is 3.03. The quantitative estimate of drug-likeness (QED) is 0.695. The minimum Gasteiger partial charge on any atom is -0.377 e. The van der Waals surface area contributed by atoms with Crippen LogP contribution in [0.15, 0.2) is 18.2 Å². The van der Waals surface area contributed by atoms with Gasteiger partial charge in [0.1, 0.15) is 0 Å². The van der Waals surface area contributed by atoms with Crippen LogP contribution in [0.25, 0.3) is 0 Å². The molecule has 1 aromatic carbocycles. The number of amides is 3. The van der Waals surface area contributed by atoms with Gasteiger partial charge >= 0.3 is 6.03 Å². The van der Waals surface area contributed by atoms with Crippen molar-refractivity contribution in [2.75, 3.05) is 37.4 Å². The molecule has 6 heteroatoms. The van der Waals surface area contributed by atoms with Crippen molar-refractivity contribution < 1.29 is 9.59 Å². The Bertz CT molecular complexity index is 663. The van der Waals surface area contributed by atoms with E-state index in [0.29, 0.717) is 32.0 Å². The predicted octanol–water partition coefficient (Wildman–Crippen LogP) is 4.31. The Kier molecular flexibility index (Phi) is 8.79. The molecular formula is C22H38N4O2. The number of nitrogens with one attached hydrogen (secondary N) is 2. The average molecular weight is 391 g/mol. The summed E-state index contributed by atoms with van der Waals surface area (Å²) >= 11 is 0. The molecule has 0 aliphatic rings. The van der Waals surface area contributed by atoms with E-state index in [0.717, 1.165) is 16.9 Å². The van der Waals surface area contributed by atoms with Gasteiger partial charge in [-0.05, 0) is 42.0 Å². The van der Waals surface area contributed by atoms with Crippen molar-refractivity contribution in [3.63, 3.8) is 0 Å². The lowest BCUT2D eigenvalue weighted by atomic mass is 9.91. The van der Waals surface area contributed by atoms with E-state index in [4.69, 9.17) is 0 Å². The first-order valence-electron chi connectivity index (χ1n) is 10.1. The van der Waals surface area contributed by atoms with E-state index in [1.165, 1.54) is 0 Å². The van der Waals surface area contributed by atoms with Crippen LogP contribution in [0.4, 0.5) is 16.2 Å². The fourth-order valence-corrected chi connectivity index (χ4v) is 3.03. The number of hydrogen-bond donors (Lipinski definition) is 2. The van der Waals surface area contributed by atoms with Crippen molar-refractivity contribution in [2.24, 2.45) is 11.3 Å². The van der Waals surface area contributed by atoms with E-state index in [2.05, 4.69) is 45.3 Å². The lowest BCUT2D eigenvalue weighted by Crippen LogP contribution is -2.36. The zero-order valence-corrected chi connectivity index (χ0v) is 18.8. The highest BCUT2D eigenvalue weighted by Crippen LogP contribution is 2.27. The predicted molar refractivity (Wildman–Crippen MR) is 118 cm³/mol. The van der Waals surface area contributed by atoms with Crippen LogP contribution in [0.5, 0.6) is 0 Å². The number of urea groups is 1. The first-order valence-corrected chi connectivity index (χ1v) is 10.1. The molecule has 0 saturated heterocycles. The maximum Gasteiger partial charge on any atom is 0.319 e. The number of carbonyl (C=O) groups excluding carboxylic acids is 2. The van der Waals surface area contributed by atoms with Gasteiger partial charge in [-0.25, -0.2) is 4.79 Å². The Morgan fingerprint density at radius 2 is 1.79 bits per heavy atom. The molecular weight excluding hydrogens is 352 g/mol. The molecule has 0 heterocycles. The minimum absolute atomic E-state index is 0.0572. The van der Waals surface area contributed by atoms with Gasteiger partial charge in [0.25, 0.3) is 0 Å². The van der Waals surface area contributed by atoms with Crippen LogP contribution >= 0.6 is 0 Å². The Balaban J connectivity index is 3.16. The standard InChI is InChI=1S/C22H38N4O2/c1-9-23-21(28)24-18-10-11-19(25(7)8)17(12-18)15-26(14-16(2)3)20(27)13-22(4,5)6/h10-12,16H,9,13-15H2,1-8H3,(H2,23,24,28). The van der Waals surface area contributed by atoms with Crippen molar-refractivity contribution in [3.8, 4) is 0 Å². The molecule has 3 amide bonds. The molecule has 0 aromatic heterocycles. The second-order valence-electron chi connectivity index (χ2n) is 9.13. The molecule has 0 saturated carbocycles. The Morgan fingerprint density at radius 3 is 2.29 bits per heavy atom. The fraction of sp³-hybridized carbons (Fsp3) is 0.636. The third-order valence-corrected chi connectivity index (χ3v) is 4.14. The molecule has 0 fully saturated rings. The number of rotatable bonds is 8. The Labute approximate surface area is 170 Å². The van der Waals surface area contributed by atoms with E-state index >= 15 is 0 Å². The van der Waals surface area contributed by atoms with Crippen LogP contribution in [-0.4, -0.2) is 44.0 Å². The molecule has 0 aliphatic heterocycles. The summed E-state index contributed by atoms with van der Waals surface area (Å²) in [5.41, 5.74) is 2.72. The first kappa shape index (κ1) is 23.8. The van der Waals surface area contributed by atoms with Gasteiger partial charge in [0.15, 0.2) is 0 Å².